The topological polar surface area (TPSA) is 29.1 Å². The first-order chi connectivity index (χ1) is 8.97. The van der Waals surface area contributed by atoms with Crippen LogP contribution in [0.25, 0.3) is 0 Å². The molecule has 0 saturated heterocycles. The Morgan fingerprint density at radius 1 is 1.05 bits per heavy atom. The fourth-order valence-electron chi connectivity index (χ4n) is 1.46. The van der Waals surface area contributed by atoms with Gasteiger partial charge in [0.2, 0.25) is 0 Å². The van der Waals surface area contributed by atoms with Gasteiger partial charge in [-0.2, -0.15) is 0 Å². The van der Waals surface area contributed by atoms with E-state index in [2.05, 4.69) is 5.32 Å². The number of hydrogen-bond donors (Lipinski definition) is 1. The predicted molar refractivity (Wildman–Crippen MR) is 65.7 cm³/mol. The van der Waals surface area contributed by atoms with Crippen molar-refractivity contribution in [1.29, 1.82) is 0 Å². The third kappa shape index (κ3) is 3.06. The Kier molecular flexibility index (Phi) is 3.76. The molecular weight excluding hydrogens is 279 g/mol. The monoisotopic (exact) mass is 285 g/mol. The number of carbonyl (C=O) groups excluding carboxylic acids is 1. The maximum Gasteiger partial charge on any atom is 0.255 e. The van der Waals surface area contributed by atoms with Crippen LogP contribution in [0, 0.1) is 17.5 Å². The number of nitrogens with one attached hydrogen (secondary N) is 1. The van der Waals surface area contributed by atoms with Gasteiger partial charge in [0.1, 0.15) is 0 Å². The van der Waals surface area contributed by atoms with Crippen molar-refractivity contribution in [2.75, 3.05) is 5.32 Å². The van der Waals surface area contributed by atoms with Crippen molar-refractivity contribution < 1.29 is 18.0 Å². The van der Waals surface area contributed by atoms with E-state index in [-0.39, 0.29) is 5.56 Å². The molecular formula is C13H7ClF3NO. The van der Waals surface area contributed by atoms with E-state index in [0.717, 1.165) is 0 Å². The quantitative estimate of drug-likeness (QED) is 0.830. The summed E-state index contributed by atoms with van der Waals surface area (Å²) in [7, 11) is 0. The predicted octanol–water partition coefficient (Wildman–Crippen LogP) is 4.01. The summed E-state index contributed by atoms with van der Waals surface area (Å²) in [5, 5.41) is 2.79. The number of hydrogen-bond acceptors (Lipinski definition) is 1. The highest BCUT2D eigenvalue weighted by Crippen LogP contribution is 2.18. The molecule has 0 unspecified atom stereocenters. The molecule has 0 saturated carbocycles. The Balaban J connectivity index is 2.25. The molecule has 0 bridgehead atoms. The highest BCUT2D eigenvalue weighted by atomic mass is 35.5. The maximum atomic E-state index is 13.0. The minimum Gasteiger partial charge on any atom is -0.322 e. The molecule has 0 spiro atoms. The summed E-state index contributed by atoms with van der Waals surface area (Å²) in [4.78, 5) is 11.7. The number of halogens is 4. The Morgan fingerprint density at radius 3 is 2.26 bits per heavy atom. The van der Waals surface area contributed by atoms with Crippen LogP contribution in [-0.2, 0) is 0 Å². The lowest BCUT2D eigenvalue weighted by Gasteiger charge is -2.06. The van der Waals surface area contributed by atoms with Crippen LogP contribution in [0.3, 0.4) is 0 Å². The fourth-order valence-corrected chi connectivity index (χ4v) is 1.65. The lowest BCUT2D eigenvalue weighted by Crippen LogP contribution is -2.13. The Labute approximate surface area is 111 Å². The van der Waals surface area contributed by atoms with Gasteiger partial charge in [-0.05, 0) is 30.3 Å². The summed E-state index contributed by atoms with van der Waals surface area (Å²) in [6, 6.07) is 7.48. The molecule has 0 aromatic heterocycles. The van der Waals surface area contributed by atoms with Gasteiger partial charge in [-0.3, -0.25) is 4.79 Å². The van der Waals surface area contributed by atoms with Crippen molar-refractivity contribution in [3.8, 4) is 0 Å². The number of anilines is 1. The Morgan fingerprint density at radius 2 is 1.68 bits per heavy atom. The molecule has 0 aliphatic rings. The molecule has 0 radical (unpaired) electrons. The molecule has 19 heavy (non-hydrogen) atoms. The molecule has 0 aliphatic carbocycles. The van der Waals surface area contributed by atoms with E-state index in [0.29, 0.717) is 22.8 Å². The first-order valence-corrected chi connectivity index (χ1v) is 5.56. The molecule has 0 atom stereocenters. The van der Waals surface area contributed by atoms with Crippen LogP contribution in [0.15, 0.2) is 36.4 Å². The molecule has 0 aliphatic heterocycles. The lowest BCUT2D eigenvalue weighted by atomic mass is 10.2. The van der Waals surface area contributed by atoms with Gasteiger partial charge in [-0.1, -0.05) is 17.7 Å². The van der Waals surface area contributed by atoms with Gasteiger partial charge >= 0.3 is 0 Å². The zero-order valence-electron chi connectivity index (χ0n) is 9.38. The van der Waals surface area contributed by atoms with Crippen molar-refractivity contribution in [3.05, 3.63) is 64.4 Å². The van der Waals surface area contributed by atoms with Gasteiger partial charge in [0.25, 0.3) is 5.91 Å². The van der Waals surface area contributed by atoms with Crippen molar-refractivity contribution in [2.45, 2.75) is 0 Å². The first-order valence-electron chi connectivity index (χ1n) is 5.19. The van der Waals surface area contributed by atoms with Crippen LogP contribution < -0.4 is 5.32 Å². The van der Waals surface area contributed by atoms with Crippen molar-refractivity contribution in [1.82, 2.24) is 0 Å². The minimum atomic E-state index is -1.61. The molecule has 2 aromatic carbocycles. The third-order valence-electron chi connectivity index (χ3n) is 2.33. The van der Waals surface area contributed by atoms with Gasteiger partial charge in [0.15, 0.2) is 17.5 Å². The van der Waals surface area contributed by atoms with Crippen LogP contribution >= 0.6 is 11.6 Å². The molecule has 98 valence electrons. The Bertz CT molecular complexity index is 623. The van der Waals surface area contributed by atoms with E-state index < -0.39 is 23.4 Å². The van der Waals surface area contributed by atoms with E-state index in [1.54, 1.807) is 18.2 Å². The van der Waals surface area contributed by atoms with Gasteiger partial charge in [0, 0.05) is 16.3 Å². The standard InChI is InChI=1S/C13H7ClF3NO/c14-8-2-1-3-9(6-8)18-13(19)7-4-10(15)12(17)11(16)5-7/h1-6H,(H,18,19). The van der Waals surface area contributed by atoms with E-state index in [4.69, 9.17) is 11.6 Å². The van der Waals surface area contributed by atoms with E-state index >= 15 is 0 Å². The summed E-state index contributed by atoms with van der Waals surface area (Å²) in [6.07, 6.45) is 0. The highest BCUT2D eigenvalue weighted by Gasteiger charge is 2.15. The van der Waals surface area contributed by atoms with Crippen molar-refractivity contribution >= 4 is 23.2 Å². The van der Waals surface area contributed by atoms with Crippen LogP contribution in [0.1, 0.15) is 10.4 Å². The SMILES string of the molecule is O=C(Nc1cccc(Cl)c1)c1cc(F)c(F)c(F)c1. The number of carbonyl (C=O) groups is 1. The largest absolute Gasteiger partial charge is 0.322 e. The average molecular weight is 286 g/mol. The Hall–Kier alpha value is -2.01. The zero-order chi connectivity index (χ0) is 14.0. The summed E-state index contributed by atoms with van der Waals surface area (Å²) in [5.74, 6) is -5.22. The van der Waals surface area contributed by atoms with E-state index in [9.17, 15) is 18.0 Å². The average Bonchev–Trinajstić information content (AvgIpc) is 2.35. The molecule has 6 heteroatoms. The molecule has 1 amide bonds. The molecule has 0 heterocycles. The van der Waals surface area contributed by atoms with Crippen LogP contribution in [0.2, 0.25) is 5.02 Å². The molecule has 1 N–H and O–H groups in total. The molecule has 2 rings (SSSR count). The second-order valence-corrected chi connectivity index (χ2v) is 4.15. The second kappa shape index (κ2) is 5.32. The number of rotatable bonds is 2. The zero-order valence-corrected chi connectivity index (χ0v) is 10.1. The molecule has 2 nitrogen and oxygen atoms in total. The van der Waals surface area contributed by atoms with Gasteiger partial charge in [-0.25, -0.2) is 13.2 Å². The van der Waals surface area contributed by atoms with Crippen LogP contribution in [-0.4, -0.2) is 5.91 Å². The lowest BCUT2D eigenvalue weighted by molar-refractivity contribution is 0.102. The normalized spacial score (nSPS) is 10.3. The van der Waals surface area contributed by atoms with Gasteiger partial charge in [-0.15, -0.1) is 0 Å². The van der Waals surface area contributed by atoms with Crippen LogP contribution in [0.4, 0.5) is 18.9 Å². The third-order valence-corrected chi connectivity index (χ3v) is 2.56. The molecule has 2 aromatic rings. The van der Waals surface area contributed by atoms with E-state index in [1.807, 2.05) is 0 Å². The number of amides is 1. The van der Waals surface area contributed by atoms with Gasteiger partial charge < -0.3 is 5.32 Å². The van der Waals surface area contributed by atoms with Gasteiger partial charge in [0.05, 0.1) is 0 Å². The first kappa shape index (κ1) is 13.4. The minimum absolute atomic E-state index is 0.323. The summed E-state index contributed by atoms with van der Waals surface area (Å²) >= 11 is 5.72. The van der Waals surface area contributed by atoms with Crippen LogP contribution in [0.5, 0.6) is 0 Å². The van der Waals surface area contributed by atoms with E-state index in [1.165, 1.54) is 6.07 Å². The van der Waals surface area contributed by atoms with Crippen molar-refractivity contribution in [2.24, 2.45) is 0 Å². The summed E-state index contributed by atoms with van der Waals surface area (Å²) < 4.78 is 38.7. The fraction of sp³-hybridized carbons (Fsp3) is 0. The maximum absolute atomic E-state index is 13.0. The van der Waals surface area contributed by atoms with Crippen molar-refractivity contribution in [3.63, 3.8) is 0 Å². The summed E-state index contributed by atoms with van der Waals surface area (Å²) in [5.41, 5.74) is 0.0408. The highest BCUT2D eigenvalue weighted by molar-refractivity contribution is 6.30. The molecule has 0 fully saturated rings. The smallest absolute Gasteiger partial charge is 0.255 e. The summed E-state index contributed by atoms with van der Waals surface area (Å²) in [6.45, 7) is 0. The number of benzene rings is 2. The second-order valence-electron chi connectivity index (χ2n) is 3.72.